The van der Waals surface area contributed by atoms with Crippen LogP contribution in [0, 0.1) is 20.8 Å². The van der Waals surface area contributed by atoms with Gasteiger partial charge in [0.05, 0.1) is 5.69 Å². The Labute approximate surface area is 147 Å². The van der Waals surface area contributed by atoms with Crippen molar-refractivity contribution in [3.05, 3.63) is 82.9 Å². The molecule has 0 saturated heterocycles. The number of aromatic nitrogens is 3. The zero-order chi connectivity index (χ0) is 18.0. The lowest BCUT2D eigenvalue weighted by atomic mass is 9.85. The molecule has 1 N–H and O–H groups in total. The molecule has 2 aromatic heterocycles. The molecular formula is C20H23N3O2. The quantitative estimate of drug-likeness (QED) is 0.776. The van der Waals surface area contributed by atoms with Crippen molar-refractivity contribution in [3.63, 3.8) is 0 Å². The first kappa shape index (κ1) is 17.3. The Bertz CT molecular complexity index is 805. The van der Waals surface area contributed by atoms with Gasteiger partial charge in [0.1, 0.15) is 0 Å². The van der Waals surface area contributed by atoms with Crippen molar-refractivity contribution in [2.45, 2.75) is 32.6 Å². The van der Waals surface area contributed by atoms with Crippen LogP contribution in [0.25, 0.3) is 0 Å². The highest BCUT2D eigenvalue weighted by Gasteiger charge is 2.43. The van der Waals surface area contributed by atoms with Crippen LogP contribution in [0.5, 0.6) is 0 Å². The van der Waals surface area contributed by atoms with Crippen LogP contribution in [0.3, 0.4) is 0 Å². The normalized spacial score (nSPS) is 14.9. The smallest absolute Gasteiger partial charge is 0.186 e. The molecule has 0 bridgehead atoms. The Balaban J connectivity index is 2.25. The highest BCUT2D eigenvalue weighted by molar-refractivity contribution is 5.37. The molecule has 0 aliphatic rings. The Hall–Kier alpha value is -2.50. The summed E-state index contributed by atoms with van der Waals surface area (Å²) in [4.78, 5) is 4.07. The van der Waals surface area contributed by atoms with E-state index in [4.69, 9.17) is 4.74 Å². The molecule has 2 heterocycles. The lowest BCUT2D eigenvalue weighted by Gasteiger charge is -2.36. The molecule has 0 aliphatic heterocycles. The fraction of sp³-hybridized carbons (Fsp3) is 0.300. The first-order valence-corrected chi connectivity index (χ1v) is 8.23. The summed E-state index contributed by atoms with van der Waals surface area (Å²) in [6.07, 6.45) is 2.62. The summed E-state index contributed by atoms with van der Waals surface area (Å²) in [6.45, 7) is 5.97. The topological polar surface area (TPSA) is 60.2 Å². The van der Waals surface area contributed by atoms with Crippen molar-refractivity contribution in [1.82, 2.24) is 14.8 Å². The van der Waals surface area contributed by atoms with E-state index < -0.39 is 11.8 Å². The van der Waals surface area contributed by atoms with Crippen LogP contribution in [0.2, 0.25) is 0 Å². The molecule has 3 aromatic rings. The monoisotopic (exact) mass is 337 g/mol. The average Bonchev–Trinajstić information content (AvgIpc) is 2.91. The number of aryl methyl sites for hydroxylation is 1. The van der Waals surface area contributed by atoms with Crippen LogP contribution < -0.4 is 0 Å². The van der Waals surface area contributed by atoms with Crippen LogP contribution in [0.4, 0.5) is 0 Å². The highest BCUT2D eigenvalue weighted by Crippen LogP contribution is 2.40. The lowest BCUT2D eigenvalue weighted by Crippen LogP contribution is -2.40. The number of pyridine rings is 1. The van der Waals surface area contributed by atoms with Gasteiger partial charge in [-0.3, -0.25) is 4.98 Å². The fourth-order valence-electron chi connectivity index (χ4n) is 3.17. The molecule has 0 saturated carbocycles. The van der Waals surface area contributed by atoms with Gasteiger partial charge in [-0.1, -0.05) is 30.3 Å². The van der Waals surface area contributed by atoms with Gasteiger partial charge >= 0.3 is 0 Å². The Morgan fingerprint density at radius 3 is 2.12 bits per heavy atom. The molecule has 0 fully saturated rings. The van der Waals surface area contributed by atoms with E-state index in [1.54, 1.807) is 36.3 Å². The number of methoxy groups -OCH3 is 1. The van der Waals surface area contributed by atoms with Crippen molar-refractivity contribution >= 4 is 0 Å². The van der Waals surface area contributed by atoms with Gasteiger partial charge in [0, 0.05) is 25.2 Å². The number of rotatable bonds is 5. The number of hydrogen-bond donors (Lipinski definition) is 1. The van der Waals surface area contributed by atoms with E-state index in [1.165, 1.54) is 0 Å². The maximum atomic E-state index is 11.9. The van der Waals surface area contributed by atoms with Gasteiger partial charge < -0.3 is 9.84 Å². The van der Waals surface area contributed by atoms with Gasteiger partial charge in [-0.25, -0.2) is 4.68 Å². The van der Waals surface area contributed by atoms with Crippen molar-refractivity contribution < 1.29 is 9.84 Å². The van der Waals surface area contributed by atoms with Crippen LogP contribution in [0.1, 0.15) is 34.3 Å². The van der Waals surface area contributed by atoms with Crippen molar-refractivity contribution in [3.8, 4) is 0 Å². The third-order valence-corrected chi connectivity index (χ3v) is 4.82. The van der Waals surface area contributed by atoms with E-state index in [9.17, 15) is 5.11 Å². The number of ether oxygens (including phenoxy) is 1. The van der Waals surface area contributed by atoms with Crippen LogP contribution in [0.15, 0.2) is 54.9 Å². The molecule has 0 radical (unpaired) electrons. The van der Waals surface area contributed by atoms with Crippen molar-refractivity contribution in [2.24, 2.45) is 0 Å². The number of aliphatic hydroxyl groups is 1. The van der Waals surface area contributed by atoms with Gasteiger partial charge in [-0.15, -0.1) is 0 Å². The number of hydrogen-bond acceptors (Lipinski definition) is 4. The maximum absolute atomic E-state index is 11.9. The molecule has 2 atom stereocenters. The maximum Gasteiger partial charge on any atom is 0.186 e. The van der Waals surface area contributed by atoms with Gasteiger partial charge in [0.15, 0.2) is 11.8 Å². The van der Waals surface area contributed by atoms with Gasteiger partial charge in [-0.05, 0) is 49.6 Å². The predicted molar refractivity (Wildman–Crippen MR) is 96.2 cm³/mol. The third kappa shape index (κ3) is 2.86. The zero-order valence-corrected chi connectivity index (χ0v) is 15.0. The zero-order valence-electron chi connectivity index (χ0n) is 15.0. The minimum atomic E-state index is -1.41. The molecular weight excluding hydrogens is 314 g/mol. The highest BCUT2D eigenvalue weighted by atomic mass is 16.5. The molecule has 130 valence electrons. The molecule has 2 unspecified atom stereocenters. The van der Waals surface area contributed by atoms with E-state index >= 15 is 0 Å². The second-order valence-corrected chi connectivity index (χ2v) is 6.20. The number of benzene rings is 1. The summed E-state index contributed by atoms with van der Waals surface area (Å²) < 4.78 is 7.55. The third-order valence-electron chi connectivity index (χ3n) is 4.82. The van der Waals surface area contributed by atoms with E-state index in [1.807, 2.05) is 51.1 Å². The summed E-state index contributed by atoms with van der Waals surface area (Å²) in [5.41, 5.74) is 3.00. The standard InChI is InChI=1S/C20H23N3O2/c1-14-15(2)22-23(16(14)3)19(25-4)20(24,17-8-6-5-7-9-17)18-10-12-21-13-11-18/h5-13,19,24H,1-4H3. The second kappa shape index (κ2) is 6.78. The molecule has 3 rings (SSSR count). The summed E-state index contributed by atoms with van der Waals surface area (Å²) in [5.74, 6) is 0. The Kier molecular flexibility index (Phi) is 4.70. The van der Waals surface area contributed by atoms with E-state index in [0.717, 1.165) is 22.5 Å². The van der Waals surface area contributed by atoms with E-state index in [0.29, 0.717) is 5.56 Å². The van der Waals surface area contributed by atoms with Crippen LogP contribution in [-0.2, 0) is 10.3 Å². The summed E-state index contributed by atoms with van der Waals surface area (Å²) >= 11 is 0. The summed E-state index contributed by atoms with van der Waals surface area (Å²) in [7, 11) is 1.59. The van der Waals surface area contributed by atoms with Crippen molar-refractivity contribution in [1.29, 1.82) is 0 Å². The Morgan fingerprint density at radius 1 is 1.00 bits per heavy atom. The molecule has 0 aliphatic carbocycles. The molecule has 1 aromatic carbocycles. The van der Waals surface area contributed by atoms with Crippen LogP contribution >= 0.6 is 0 Å². The first-order chi connectivity index (χ1) is 12.0. The average molecular weight is 337 g/mol. The second-order valence-electron chi connectivity index (χ2n) is 6.20. The van der Waals surface area contributed by atoms with Crippen LogP contribution in [-0.4, -0.2) is 27.0 Å². The minimum absolute atomic E-state index is 0.700. The minimum Gasteiger partial charge on any atom is -0.376 e. The predicted octanol–water partition coefficient (Wildman–Crippen LogP) is 3.28. The largest absolute Gasteiger partial charge is 0.376 e. The molecule has 5 nitrogen and oxygen atoms in total. The first-order valence-electron chi connectivity index (χ1n) is 8.23. The lowest BCUT2D eigenvalue weighted by molar-refractivity contribution is -0.120. The SMILES string of the molecule is COC(n1nc(C)c(C)c1C)C(O)(c1ccccc1)c1ccncc1. The summed E-state index contributed by atoms with van der Waals surface area (Å²) in [5, 5.41) is 16.5. The van der Waals surface area contributed by atoms with Gasteiger partial charge in [-0.2, -0.15) is 5.10 Å². The number of nitrogens with zero attached hydrogens (tertiary/aromatic N) is 3. The fourth-order valence-corrected chi connectivity index (χ4v) is 3.17. The molecule has 5 heteroatoms. The Morgan fingerprint density at radius 2 is 1.60 bits per heavy atom. The van der Waals surface area contributed by atoms with Crippen molar-refractivity contribution in [2.75, 3.05) is 7.11 Å². The van der Waals surface area contributed by atoms with Gasteiger partial charge in [0.2, 0.25) is 0 Å². The van der Waals surface area contributed by atoms with E-state index in [-0.39, 0.29) is 0 Å². The molecule has 0 spiro atoms. The van der Waals surface area contributed by atoms with Gasteiger partial charge in [0.25, 0.3) is 0 Å². The van der Waals surface area contributed by atoms with E-state index in [2.05, 4.69) is 10.1 Å². The molecule has 0 amide bonds. The molecule has 25 heavy (non-hydrogen) atoms. The summed E-state index contributed by atoms with van der Waals surface area (Å²) in [6, 6.07) is 13.1.